The van der Waals surface area contributed by atoms with Crippen LogP contribution >= 0.6 is 0 Å². The molecule has 3 amide bonds. The summed E-state index contributed by atoms with van der Waals surface area (Å²) in [7, 11) is -3.41. The van der Waals surface area contributed by atoms with E-state index < -0.39 is 40.0 Å². The number of hydrogen-bond acceptors (Lipinski definition) is 14. The van der Waals surface area contributed by atoms with E-state index in [0.29, 0.717) is 94.1 Å². The van der Waals surface area contributed by atoms with E-state index in [1.54, 1.807) is 18.1 Å². The Labute approximate surface area is 545 Å². The highest BCUT2D eigenvalue weighted by molar-refractivity contribution is 6.90. The minimum Gasteiger partial charge on any atom is -0.543 e. The fourth-order valence-electron chi connectivity index (χ4n) is 17.1. The molecule has 494 valence electrons. The van der Waals surface area contributed by atoms with Crippen molar-refractivity contribution in [1.29, 1.82) is 0 Å². The number of aromatic nitrogens is 3. The summed E-state index contributed by atoms with van der Waals surface area (Å²) in [6.45, 7) is 36.7. The number of ether oxygens (including phenoxy) is 3. The topological polar surface area (TPSA) is 155 Å². The molecule has 0 bridgehead atoms. The third kappa shape index (κ3) is 12.4. The van der Waals surface area contributed by atoms with Gasteiger partial charge in [-0.1, -0.05) is 95.1 Å². The van der Waals surface area contributed by atoms with Gasteiger partial charge in [-0.2, -0.15) is 9.97 Å². The van der Waals surface area contributed by atoms with Crippen LogP contribution in [0.4, 0.5) is 20.3 Å². The van der Waals surface area contributed by atoms with E-state index in [-0.39, 0.29) is 81.1 Å². The van der Waals surface area contributed by atoms with Crippen molar-refractivity contribution in [3.8, 4) is 40.4 Å². The average Bonchev–Trinajstić information content (AvgIpc) is 1.10. The van der Waals surface area contributed by atoms with Gasteiger partial charge in [-0.15, -0.1) is 5.54 Å². The Morgan fingerprint density at radius 1 is 0.761 bits per heavy atom. The van der Waals surface area contributed by atoms with Gasteiger partial charge in [0, 0.05) is 106 Å². The third-order valence-corrected chi connectivity index (χ3v) is 34.5. The number of anilines is 2. The van der Waals surface area contributed by atoms with Gasteiger partial charge in [-0.3, -0.25) is 19.7 Å². The Morgan fingerprint density at radius 3 is 2.11 bits per heavy atom. The predicted octanol–water partition coefficient (Wildman–Crippen LogP) is 13.1. The highest BCUT2D eigenvalue weighted by Crippen LogP contribution is 2.50. The van der Waals surface area contributed by atoms with E-state index in [2.05, 4.69) is 126 Å². The molecular weight excluding hydrogens is 1200 g/mol. The summed E-state index contributed by atoms with van der Waals surface area (Å²) < 4.78 is 62.5. The zero-order valence-electron chi connectivity index (χ0n) is 56.6. The number of methoxy groups -OCH3 is 1. The van der Waals surface area contributed by atoms with Crippen molar-refractivity contribution in [1.82, 2.24) is 35.0 Å². The van der Waals surface area contributed by atoms with Gasteiger partial charge < -0.3 is 43.1 Å². The zero-order valence-corrected chi connectivity index (χ0v) is 58.6. The lowest BCUT2D eigenvalue weighted by Crippen LogP contribution is -2.52. The van der Waals surface area contributed by atoms with Crippen LogP contribution in [-0.4, -0.2) is 161 Å². The number of amides is 3. The van der Waals surface area contributed by atoms with Gasteiger partial charge in [0.1, 0.15) is 48.1 Å². The maximum atomic E-state index is 18.8. The van der Waals surface area contributed by atoms with Gasteiger partial charge in [0.25, 0.3) is 14.2 Å². The number of imide groups is 1. The Balaban J connectivity index is 0.797. The molecule has 0 spiro atoms. The first-order chi connectivity index (χ1) is 43.9. The van der Waals surface area contributed by atoms with E-state index in [4.69, 9.17) is 33.6 Å². The van der Waals surface area contributed by atoms with Crippen LogP contribution in [0.25, 0.3) is 32.9 Å². The van der Waals surface area contributed by atoms with E-state index >= 15 is 8.78 Å². The maximum absolute atomic E-state index is 18.8. The van der Waals surface area contributed by atoms with Crippen LogP contribution in [0.2, 0.25) is 33.2 Å². The van der Waals surface area contributed by atoms with Crippen LogP contribution in [0.3, 0.4) is 0 Å². The van der Waals surface area contributed by atoms with Gasteiger partial charge >= 0.3 is 6.01 Å². The standard InChI is InChI=1S/C72H97F2N9O7Si2/c1-43(2)91(44(3)4,45(5)6)34-23-55-57(73)18-15-50-36-53(90-92(46(7)8,47(9)10)48(11)12)37-56(62(50)55)65-64(74)66-63(69(76-65)87-13)67(82-26-14-33-88-60-38-59(60)82)78-71(77-66)89-42-72(24-25-72)41-80-31-29-79(30-32-80)39-49-21-27-81(28-22-49)52-16-17-54-51(35-52)40-83(70(54)86)58-19-20-61(84)75-68(58)85/h15-18,35-37,43-49,58-60H,14,19-22,24-33,38-42H2,1-13H3,(H,75,84,85). The second-order valence-electron chi connectivity index (χ2n) is 29.7. The number of fused-ring (bicyclic) bond motifs is 4. The normalized spacial score (nSPS) is 21.6. The van der Waals surface area contributed by atoms with Crippen LogP contribution in [-0.2, 0) is 20.9 Å². The van der Waals surface area contributed by atoms with Crippen molar-refractivity contribution < 1.29 is 41.8 Å². The molecule has 12 rings (SSSR count). The number of pyridine rings is 1. The molecule has 4 saturated heterocycles. The van der Waals surface area contributed by atoms with E-state index in [1.807, 2.05) is 24.3 Å². The van der Waals surface area contributed by atoms with Gasteiger partial charge in [0.2, 0.25) is 17.7 Å². The quantitative estimate of drug-likeness (QED) is 0.0446. The molecule has 16 nitrogen and oxygen atoms in total. The zero-order chi connectivity index (χ0) is 65.3. The number of carbonyl (C=O) groups excluding carboxylic acids is 3. The van der Waals surface area contributed by atoms with E-state index in [0.717, 1.165) is 102 Å². The van der Waals surface area contributed by atoms with Crippen molar-refractivity contribution in [2.24, 2.45) is 11.3 Å². The molecule has 5 aliphatic heterocycles. The Morgan fingerprint density at radius 2 is 1.46 bits per heavy atom. The number of halogens is 2. The van der Waals surface area contributed by atoms with E-state index in [9.17, 15) is 14.4 Å². The van der Waals surface area contributed by atoms with Crippen LogP contribution in [0.1, 0.15) is 156 Å². The molecule has 2 aromatic heterocycles. The van der Waals surface area contributed by atoms with Gasteiger partial charge in [0.15, 0.2) is 5.82 Å². The number of rotatable bonds is 20. The molecule has 3 aromatic carbocycles. The number of carbonyl (C=O) groups is 3. The Bertz CT molecular complexity index is 3660. The third-order valence-electron chi connectivity index (χ3n) is 22.2. The second-order valence-corrected chi connectivity index (χ2v) is 40.6. The summed E-state index contributed by atoms with van der Waals surface area (Å²) in [5, 5.41) is 3.90. The number of piperidine rings is 2. The lowest BCUT2D eigenvalue weighted by molar-refractivity contribution is -0.136. The molecule has 3 unspecified atom stereocenters. The summed E-state index contributed by atoms with van der Waals surface area (Å²) >= 11 is 0. The van der Waals surface area contributed by atoms with Crippen LogP contribution in [0, 0.1) is 34.4 Å². The summed E-state index contributed by atoms with van der Waals surface area (Å²) in [6, 6.07) is 12.7. The van der Waals surface area contributed by atoms with Gasteiger partial charge in [-0.05, 0) is 131 Å². The first-order valence-electron chi connectivity index (χ1n) is 34.4. The number of nitrogens with one attached hydrogen (secondary N) is 1. The molecule has 2 aliphatic carbocycles. The molecule has 20 heteroatoms. The van der Waals surface area contributed by atoms with Crippen molar-refractivity contribution in [2.75, 3.05) is 89.0 Å². The van der Waals surface area contributed by atoms with Crippen LogP contribution in [0.5, 0.6) is 17.6 Å². The average molecular weight is 1290 g/mol. The summed E-state index contributed by atoms with van der Waals surface area (Å²) in [6.07, 6.45) is 6.38. The molecule has 6 fully saturated rings. The van der Waals surface area contributed by atoms with Gasteiger partial charge in [-0.25, -0.2) is 13.8 Å². The first-order valence-corrected chi connectivity index (χ1v) is 38.7. The lowest BCUT2D eigenvalue weighted by Gasteiger charge is -2.42. The summed E-state index contributed by atoms with van der Waals surface area (Å²) in [5.74, 6) is 3.32. The molecule has 5 aromatic rings. The highest BCUT2D eigenvalue weighted by atomic mass is 28.4. The number of benzene rings is 3. The summed E-state index contributed by atoms with van der Waals surface area (Å²) in [5.41, 5.74) is 8.57. The van der Waals surface area contributed by atoms with Crippen molar-refractivity contribution in [3.63, 3.8) is 0 Å². The number of nitrogens with zero attached hydrogens (tertiary/aromatic N) is 8. The molecular formula is C72H97F2N9O7Si2. The SMILES string of the molecule is COc1nc(-c2cc(O[Si](C(C)C)(C(C)C)C(C)C)cc3ccc(F)c(C#C[Si](C(C)C)(C(C)C)C(C)C)c23)c(F)c2nc(OCC3(CN4CCN(CC5CCN(c6ccc7c(c6)CN(C6CCC(=O)NC6=O)C7=O)CC5)CC4)CC3)nc(N3CCCOC4CC43)c12. The van der Waals surface area contributed by atoms with Crippen LogP contribution < -0.4 is 29.0 Å². The van der Waals surface area contributed by atoms with Crippen molar-refractivity contribution in [3.05, 3.63) is 70.8 Å². The Hall–Kier alpha value is -6.25. The first kappa shape index (κ1) is 65.8. The van der Waals surface area contributed by atoms with Gasteiger partial charge in [0.05, 0.1) is 31.4 Å². The number of hydrogen-bond donors (Lipinski definition) is 1. The molecule has 2 saturated carbocycles. The lowest BCUT2D eigenvalue weighted by atomic mass is 9.95. The second kappa shape index (κ2) is 26.2. The molecule has 3 atom stereocenters. The summed E-state index contributed by atoms with van der Waals surface area (Å²) in [4.78, 5) is 64.6. The fourth-order valence-corrected chi connectivity index (χ4v) is 27.5. The largest absolute Gasteiger partial charge is 0.543 e. The molecule has 7 heterocycles. The smallest absolute Gasteiger partial charge is 0.319 e. The van der Waals surface area contributed by atoms with E-state index in [1.165, 1.54) is 6.07 Å². The van der Waals surface area contributed by atoms with Crippen LogP contribution in [0.15, 0.2) is 42.5 Å². The monoisotopic (exact) mass is 1290 g/mol. The molecule has 0 radical (unpaired) electrons. The molecule has 7 aliphatic rings. The van der Waals surface area contributed by atoms with Crippen molar-refractivity contribution in [2.45, 2.75) is 192 Å². The highest BCUT2D eigenvalue weighted by Gasteiger charge is 2.50. The Kier molecular flexibility index (Phi) is 18.7. The maximum Gasteiger partial charge on any atom is 0.319 e. The number of piperazine rings is 1. The fraction of sp³-hybridized carbons (Fsp3) is 0.611. The molecule has 1 N–H and O–H groups in total. The minimum absolute atomic E-state index is 0.0199. The van der Waals surface area contributed by atoms with Crippen molar-refractivity contribution >= 4 is 67.3 Å². The minimum atomic E-state index is -2.58. The molecule has 92 heavy (non-hydrogen) atoms. The predicted molar refractivity (Wildman–Crippen MR) is 364 cm³/mol.